The van der Waals surface area contributed by atoms with E-state index in [1.54, 1.807) is 97.1 Å². The minimum absolute atomic E-state index is 0.166. The van der Waals surface area contributed by atoms with Gasteiger partial charge in [-0.3, -0.25) is 0 Å². The van der Waals surface area contributed by atoms with Crippen molar-refractivity contribution in [2.24, 2.45) is 0 Å². The summed E-state index contributed by atoms with van der Waals surface area (Å²) in [4.78, 5) is 24.3. The molecule has 236 valence electrons. The van der Waals surface area contributed by atoms with E-state index in [9.17, 15) is 14.2 Å². The predicted octanol–water partition coefficient (Wildman–Crippen LogP) is 9.33. The summed E-state index contributed by atoms with van der Waals surface area (Å²) in [6.45, 7) is 2.53. The molecule has 0 atom stereocenters. The van der Waals surface area contributed by atoms with Gasteiger partial charge in [0.2, 0.25) is 0 Å². The fourth-order valence-corrected chi connectivity index (χ4v) is 5.17. The number of hydrogen-bond acceptors (Lipinski definition) is 8. The Labute approximate surface area is 269 Å². The van der Waals surface area contributed by atoms with E-state index < -0.39 is 19.8 Å². The molecule has 0 saturated carbocycles. The van der Waals surface area contributed by atoms with Crippen molar-refractivity contribution in [1.82, 2.24) is 0 Å². The van der Waals surface area contributed by atoms with Crippen LogP contribution in [0, 0.1) is 0 Å². The van der Waals surface area contributed by atoms with Gasteiger partial charge < -0.3 is 23.0 Å². The van der Waals surface area contributed by atoms with E-state index >= 15 is 0 Å². The first-order valence-corrected chi connectivity index (χ1v) is 16.2. The van der Waals surface area contributed by atoms with Crippen LogP contribution in [-0.2, 0) is 20.6 Å². The lowest BCUT2D eigenvalue weighted by molar-refractivity contribution is 0.0437. The third-order valence-corrected chi connectivity index (χ3v) is 7.50. The Balaban J connectivity index is 0.000000209. The molecule has 5 aromatic carbocycles. The van der Waals surface area contributed by atoms with Crippen LogP contribution < -0.4 is 13.6 Å². The van der Waals surface area contributed by atoms with E-state index in [1.165, 1.54) is 0 Å². The molecule has 0 aliphatic rings. The van der Waals surface area contributed by atoms with Gasteiger partial charge >= 0.3 is 19.8 Å². The Morgan fingerprint density at radius 1 is 0.522 bits per heavy atom. The maximum Gasteiger partial charge on any atom is 0.647 e. The fourth-order valence-electron chi connectivity index (χ4n) is 3.91. The molecule has 0 unspecified atom stereocenters. The Morgan fingerprint density at radius 2 is 0.891 bits per heavy atom. The second-order valence-corrected chi connectivity index (χ2v) is 11.2. The number of esters is 2. The van der Waals surface area contributed by atoms with Gasteiger partial charge in [-0.25, -0.2) is 9.59 Å². The maximum absolute atomic E-state index is 13.1. The number of rotatable bonds is 13. The fraction of sp³-hybridized carbons (Fsp3) is 0.135. The zero-order chi connectivity index (χ0) is 32.5. The topological polar surface area (TPSA) is 97.4 Å². The summed E-state index contributed by atoms with van der Waals surface area (Å²) in [5, 5.41) is 0. The highest BCUT2D eigenvalue weighted by Gasteiger charge is 2.33. The Kier molecular flexibility index (Phi) is 13.0. The maximum atomic E-state index is 13.1. The molecule has 0 radical (unpaired) electrons. The van der Waals surface area contributed by atoms with E-state index in [4.69, 9.17) is 23.0 Å². The minimum atomic E-state index is -3.89. The quantitative estimate of drug-likeness (QED) is 0.0715. The molecule has 0 aliphatic heterocycles. The highest BCUT2D eigenvalue weighted by molar-refractivity contribution is 7.49. The SMILES string of the molecule is CCCCOC(=O)c1ccccc1C(=O)OCc1ccccc1.O=P(Oc1ccccc1)(Oc1ccccc1)Oc1ccccc1. The van der Waals surface area contributed by atoms with Crippen molar-refractivity contribution in [3.05, 3.63) is 162 Å². The largest absolute Gasteiger partial charge is 0.647 e. The third kappa shape index (κ3) is 11.0. The van der Waals surface area contributed by atoms with Crippen molar-refractivity contribution in [1.29, 1.82) is 0 Å². The van der Waals surface area contributed by atoms with Crippen LogP contribution in [-0.4, -0.2) is 18.5 Å². The van der Waals surface area contributed by atoms with E-state index in [2.05, 4.69) is 0 Å². The van der Waals surface area contributed by atoms with Crippen LogP contribution in [0.15, 0.2) is 146 Å². The Hall–Kier alpha value is -5.33. The van der Waals surface area contributed by atoms with Crippen molar-refractivity contribution < 1.29 is 37.2 Å². The normalized spacial score (nSPS) is 10.5. The number of hydrogen-bond donors (Lipinski definition) is 0. The van der Waals surface area contributed by atoms with Crippen LogP contribution in [0.25, 0.3) is 0 Å². The van der Waals surface area contributed by atoms with E-state index in [1.807, 2.05) is 55.5 Å². The van der Waals surface area contributed by atoms with Crippen LogP contribution in [0.3, 0.4) is 0 Å². The number of unbranched alkanes of at least 4 members (excludes halogenated alkanes) is 1. The standard InChI is InChI=1S/C19H20O4.C18H15O4P/c1-2-3-13-22-18(20)16-11-7-8-12-17(16)19(21)23-14-15-9-5-4-6-10-15;19-23(20-16-10-4-1-5-11-16,21-17-12-6-2-7-13-17)22-18-14-8-3-9-15-18/h4-12H,2-3,13-14H2,1H3;1-15H. The molecule has 0 aromatic heterocycles. The zero-order valence-corrected chi connectivity index (χ0v) is 26.3. The number of para-hydroxylation sites is 3. The summed E-state index contributed by atoms with van der Waals surface area (Å²) in [5.74, 6) is 0.190. The lowest BCUT2D eigenvalue weighted by Crippen LogP contribution is -2.14. The van der Waals surface area contributed by atoms with Crippen molar-refractivity contribution in [3.63, 3.8) is 0 Å². The molecule has 9 heteroatoms. The zero-order valence-electron chi connectivity index (χ0n) is 25.4. The number of ether oxygens (including phenoxy) is 2. The van der Waals surface area contributed by atoms with Gasteiger partial charge in [-0.1, -0.05) is 110 Å². The molecule has 0 saturated heterocycles. The van der Waals surface area contributed by atoms with Crippen LogP contribution in [0.4, 0.5) is 0 Å². The highest BCUT2D eigenvalue weighted by atomic mass is 31.2. The molecule has 8 nitrogen and oxygen atoms in total. The van der Waals surface area contributed by atoms with Gasteiger partial charge in [-0.2, -0.15) is 4.57 Å². The first kappa shape index (κ1) is 33.6. The first-order valence-electron chi connectivity index (χ1n) is 14.8. The molecule has 0 N–H and O–H groups in total. The molecular weight excluding hydrogens is 603 g/mol. The van der Waals surface area contributed by atoms with Gasteiger partial charge in [-0.05, 0) is 60.5 Å². The number of phosphoric acid groups is 1. The minimum Gasteiger partial charge on any atom is -0.462 e. The van der Waals surface area contributed by atoms with Gasteiger partial charge in [0.15, 0.2) is 0 Å². The summed E-state index contributed by atoms with van der Waals surface area (Å²) in [5.41, 5.74) is 1.36. The van der Waals surface area contributed by atoms with Crippen molar-refractivity contribution in [2.75, 3.05) is 6.61 Å². The molecule has 5 aromatic rings. The van der Waals surface area contributed by atoms with Crippen LogP contribution in [0.5, 0.6) is 17.2 Å². The lowest BCUT2D eigenvalue weighted by atomic mass is 10.1. The average molecular weight is 639 g/mol. The van der Waals surface area contributed by atoms with E-state index in [-0.39, 0.29) is 17.7 Å². The second-order valence-electron chi connectivity index (χ2n) is 9.76. The van der Waals surface area contributed by atoms with Crippen molar-refractivity contribution in [2.45, 2.75) is 26.4 Å². The number of carbonyl (C=O) groups excluding carboxylic acids is 2. The molecule has 0 fully saturated rings. The molecule has 46 heavy (non-hydrogen) atoms. The van der Waals surface area contributed by atoms with Crippen LogP contribution in [0.1, 0.15) is 46.0 Å². The Bertz CT molecular complexity index is 1570. The summed E-state index contributed by atoms with van der Waals surface area (Å²) in [6, 6.07) is 42.3. The Morgan fingerprint density at radius 3 is 1.30 bits per heavy atom. The molecule has 0 bridgehead atoms. The molecule has 0 amide bonds. The first-order chi connectivity index (χ1) is 22.5. The van der Waals surface area contributed by atoms with Gasteiger partial charge in [0.05, 0.1) is 17.7 Å². The highest BCUT2D eigenvalue weighted by Crippen LogP contribution is 2.49. The number of benzene rings is 5. The van der Waals surface area contributed by atoms with Gasteiger partial charge in [0.1, 0.15) is 23.9 Å². The lowest BCUT2D eigenvalue weighted by Gasteiger charge is -2.19. The molecule has 0 aliphatic carbocycles. The molecule has 0 heterocycles. The molecule has 0 spiro atoms. The van der Waals surface area contributed by atoms with Crippen LogP contribution >= 0.6 is 7.82 Å². The van der Waals surface area contributed by atoms with Crippen molar-refractivity contribution >= 4 is 19.8 Å². The number of phosphoric ester groups is 1. The monoisotopic (exact) mass is 638 g/mol. The van der Waals surface area contributed by atoms with E-state index in [0.29, 0.717) is 23.9 Å². The van der Waals surface area contributed by atoms with Gasteiger partial charge in [0, 0.05) is 0 Å². The summed E-state index contributed by atoms with van der Waals surface area (Å²) < 4.78 is 40.1. The summed E-state index contributed by atoms with van der Waals surface area (Å²) in [7, 11) is -3.89. The van der Waals surface area contributed by atoms with Gasteiger partial charge in [-0.15, -0.1) is 0 Å². The van der Waals surface area contributed by atoms with E-state index in [0.717, 1.165) is 18.4 Å². The second kappa shape index (κ2) is 17.8. The van der Waals surface area contributed by atoms with Crippen LogP contribution in [0.2, 0.25) is 0 Å². The predicted molar refractivity (Wildman–Crippen MR) is 176 cm³/mol. The van der Waals surface area contributed by atoms with Crippen molar-refractivity contribution in [3.8, 4) is 17.2 Å². The van der Waals surface area contributed by atoms with Gasteiger partial charge in [0.25, 0.3) is 0 Å². The smallest absolute Gasteiger partial charge is 0.462 e. The summed E-state index contributed by atoms with van der Waals surface area (Å²) in [6.07, 6.45) is 1.74. The number of carbonyl (C=O) groups is 2. The third-order valence-electron chi connectivity index (χ3n) is 6.19. The molecular formula is C37H35O8P. The summed E-state index contributed by atoms with van der Waals surface area (Å²) >= 11 is 0. The average Bonchev–Trinajstić information content (AvgIpc) is 3.09. The molecule has 5 rings (SSSR count).